The van der Waals surface area contributed by atoms with Gasteiger partial charge < -0.3 is 26.7 Å². The molecule has 12 heteroatoms. The molecule has 0 atom stereocenters. The van der Waals surface area contributed by atoms with Crippen molar-refractivity contribution in [1.29, 1.82) is 0 Å². The number of nitro benzene ring substituents is 2. The summed E-state index contributed by atoms with van der Waals surface area (Å²) < 4.78 is 9.48. The van der Waals surface area contributed by atoms with E-state index < -0.39 is 9.85 Å². The number of nitro groups is 2. The second kappa shape index (κ2) is 15.8. The fraction of sp³-hybridized carbons (Fsp3) is 0.368. The second-order valence-corrected chi connectivity index (χ2v) is 6.42. The van der Waals surface area contributed by atoms with E-state index in [1.54, 1.807) is 26.4 Å². The number of aryl methyl sites for hydroxylation is 1. The molecule has 0 radical (unpaired) electrons. The minimum Gasteiger partial charge on any atom is -0.393 e. The zero-order valence-corrected chi connectivity index (χ0v) is 18.2. The molecule has 172 valence electrons. The van der Waals surface area contributed by atoms with Crippen molar-refractivity contribution in [3.8, 4) is 0 Å². The maximum Gasteiger partial charge on any atom is 0.292 e. The Morgan fingerprint density at radius 2 is 1.42 bits per heavy atom. The number of methoxy groups -OCH3 is 2. The average Bonchev–Trinajstić information content (AvgIpc) is 2.69. The van der Waals surface area contributed by atoms with Gasteiger partial charge in [0.25, 0.3) is 11.4 Å². The van der Waals surface area contributed by atoms with Gasteiger partial charge in [0.15, 0.2) is 0 Å². The van der Waals surface area contributed by atoms with Gasteiger partial charge in [-0.05, 0) is 36.6 Å². The van der Waals surface area contributed by atoms with Crippen LogP contribution in [-0.4, -0.2) is 43.8 Å². The van der Waals surface area contributed by atoms with Gasteiger partial charge in [0.1, 0.15) is 11.4 Å². The SMILES string of the molecule is COCCCc1ccc([N+](=O)[O-])c(N)c1.COCCN.Nc1cc(Cl)ccc1[N+](=O)[O-]. The molecule has 0 spiro atoms. The van der Waals surface area contributed by atoms with Crippen LogP contribution in [0.1, 0.15) is 12.0 Å². The number of hydrogen-bond donors (Lipinski definition) is 3. The maximum absolute atomic E-state index is 10.5. The van der Waals surface area contributed by atoms with Crippen LogP contribution >= 0.6 is 11.6 Å². The van der Waals surface area contributed by atoms with Crippen LogP contribution in [0.3, 0.4) is 0 Å². The molecule has 0 aliphatic rings. The van der Waals surface area contributed by atoms with Crippen LogP contribution in [0.4, 0.5) is 22.7 Å². The molecule has 0 saturated heterocycles. The zero-order valence-electron chi connectivity index (χ0n) is 17.5. The predicted molar refractivity (Wildman–Crippen MR) is 121 cm³/mol. The molecule has 0 aromatic heterocycles. The highest BCUT2D eigenvalue weighted by molar-refractivity contribution is 6.30. The Labute approximate surface area is 185 Å². The lowest BCUT2D eigenvalue weighted by Gasteiger charge is -2.02. The zero-order chi connectivity index (χ0) is 23.8. The van der Waals surface area contributed by atoms with Crippen molar-refractivity contribution in [3.63, 3.8) is 0 Å². The van der Waals surface area contributed by atoms with E-state index in [9.17, 15) is 20.2 Å². The molecule has 2 rings (SSSR count). The number of halogens is 1. The van der Waals surface area contributed by atoms with Crippen LogP contribution in [0.5, 0.6) is 0 Å². The van der Waals surface area contributed by atoms with Gasteiger partial charge in [0, 0.05) is 44.5 Å². The molecule has 0 amide bonds. The molecule has 2 aromatic carbocycles. The van der Waals surface area contributed by atoms with E-state index in [4.69, 9.17) is 33.5 Å². The van der Waals surface area contributed by atoms with E-state index in [0.29, 0.717) is 24.8 Å². The van der Waals surface area contributed by atoms with E-state index in [1.165, 1.54) is 24.3 Å². The summed E-state index contributed by atoms with van der Waals surface area (Å²) in [5.74, 6) is 0. The van der Waals surface area contributed by atoms with Gasteiger partial charge in [-0.2, -0.15) is 0 Å². The Balaban J connectivity index is 0.000000492. The summed E-state index contributed by atoms with van der Waals surface area (Å²) in [6.45, 7) is 1.97. The number of benzene rings is 2. The first-order valence-corrected chi connectivity index (χ1v) is 9.45. The Morgan fingerprint density at radius 1 is 0.903 bits per heavy atom. The molecular weight excluding hydrogens is 430 g/mol. The number of anilines is 2. The van der Waals surface area contributed by atoms with Crippen molar-refractivity contribution in [3.05, 3.63) is 67.2 Å². The van der Waals surface area contributed by atoms with Gasteiger partial charge in [-0.1, -0.05) is 17.7 Å². The minimum atomic E-state index is -0.550. The van der Waals surface area contributed by atoms with Crippen LogP contribution in [-0.2, 0) is 15.9 Å². The third kappa shape index (κ3) is 11.7. The second-order valence-electron chi connectivity index (χ2n) is 5.99. The fourth-order valence-electron chi connectivity index (χ4n) is 2.16. The third-order valence-electron chi connectivity index (χ3n) is 3.61. The quantitative estimate of drug-likeness (QED) is 0.232. The van der Waals surface area contributed by atoms with Crippen molar-refractivity contribution >= 4 is 34.4 Å². The van der Waals surface area contributed by atoms with E-state index in [1.807, 2.05) is 0 Å². The monoisotopic (exact) mass is 457 g/mol. The van der Waals surface area contributed by atoms with Crippen molar-refractivity contribution < 1.29 is 19.3 Å². The largest absolute Gasteiger partial charge is 0.393 e. The topological polar surface area (TPSA) is 183 Å². The van der Waals surface area contributed by atoms with E-state index in [2.05, 4.69) is 4.74 Å². The molecular formula is C19H28ClN5O6. The van der Waals surface area contributed by atoms with Crippen LogP contribution in [0.25, 0.3) is 0 Å². The highest BCUT2D eigenvalue weighted by Gasteiger charge is 2.11. The number of nitrogen functional groups attached to an aromatic ring is 2. The Kier molecular flexibility index (Phi) is 14.3. The fourth-order valence-corrected chi connectivity index (χ4v) is 2.34. The van der Waals surface area contributed by atoms with Crippen molar-refractivity contribution in [2.24, 2.45) is 5.73 Å². The summed E-state index contributed by atoms with van der Waals surface area (Å²) in [5.41, 5.74) is 17.0. The van der Waals surface area contributed by atoms with Crippen LogP contribution in [0.15, 0.2) is 36.4 Å². The number of hydrogen-bond acceptors (Lipinski definition) is 9. The van der Waals surface area contributed by atoms with Crippen molar-refractivity contribution in [1.82, 2.24) is 0 Å². The Morgan fingerprint density at radius 3 is 1.81 bits per heavy atom. The van der Waals surface area contributed by atoms with Gasteiger partial charge in [-0.3, -0.25) is 20.2 Å². The van der Waals surface area contributed by atoms with Crippen molar-refractivity contribution in [2.45, 2.75) is 12.8 Å². The molecule has 0 bridgehead atoms. The van der Waals surface area contributed by atoms with Gasteiger partial charge in [0.05, 0.1) is 16.5 Å². The van der Waals surface area contributed by atoms with Crippen molar-refractivity contribution in [2.75, 3.05) is 45.4 Å². The first-order valence-electron chi connectivity index (χ1n) is 9.08. The number of rotatable bonds is 8. The molecule has 0 heterocycles. The molecule has 0 unspecified atom stereocenters. The first kappa shape index (κ1) is 28.0. The Hall–Kier alpha value is -2.99. The summed E-state index contributed by atoms with van der Waals surface area (Å²) in [5, 5.41) is 21.1. The molecule has 2 aromatic rings. The highest BCUT2D eigenvalue weighted by atomic mass is 35.5. The molecule has 6 N–H and O–H groups in total. The predicted octanol–water partition coefficient (Wildman–Crippen LogP) is 3.18. The summed E-state index contributed by atoms with van der Waals surface area (Å²) in [7, 11) is 3.27. The maximum atomic E-state index is 10.5. The number of nitrogens with zero attached hydrogens (tertiary/aromatic N) is 2. The summed E-state index contributed by atoms with van der Waals surface area (Å²) in [6.07, 6.45) is 1.70. The van der Waals surface area contributed by atoms with Crippen LogP contribution in [0.2, 0.25) is 5.02 Å². The lowest BCUT2D eigenvalue weighted by Crippen LogP contribution is -2.05. The van der Waals surface area contributed by atoms with E-state index in [0.717, 1.165) is 18.4 Å². The van der Waals surface area contributed by atoms with Gasteiger partial charge in [-0.25, -0.2) is 0 Å². The molecule has 0 fully saturated rings. The molecule has 31 heavy (non-hydrogen) atoms. The van der Waals surface area contributed by atoms with E-state index >= 15 is 0 Å². The number of nitrogens with two attached hydrogens (primary N) is 3. The minimum absolute atomic E-state index is 0.0366. The lowest BCUT2D eigenvalue weighted by atomic mass is 10.1. The third-order valence-corrected chi connectivity index (χ3v) is 3.85. The smallest absolute Gasteiger partial charge is 0.292 e. The van der Waals surface area contributed by atoms with Crippen LogP contribution in [0, 0.1) is 20.2 Å². The molecule has 0 aliphatic carbocycles. The van der Waals surface area contributed by atoms with Gasteiger partial charge in [-0.15, -0.1) is 0 Å². The Bertz CT molecular complexity index is 835. The lowest BCUT2D eigenvalue weighted by molar-refractivity contribution is -0.384. The van der Waals surface area contributed by atoms with Gasteiger partial charge in [0.2, 0.25) is 0 Å². The van der Waals surface area contributed by atoms with Gasteiger partial charge >= 0.3 is 0 Å². The molecule has 0 aliphatic heterocycles. The summed E-state index contributed by atoms with van der Waals surface area (Å²) >= 11 is 5.52. The highest BCUT2D eigenvalue weighted by Crippen LogP contribution is 2.24. The average molecular weight is 458 g/mol. The summed E-state index contributed by atoms with van der Waals surface area (Å²) in [6, 6.07) is 8.86. The number of ether oxygens (including phenoxy) is 2. The molecule has 0 saturated carbocycles. The summed E-state index contributed by atoms with van der Waals surface area (Å²) in [4.78, 5) is 19.7. The normalized spacial score (nSPS) is 9.68. The molecule has 11 nitrogen and oxygen atoms in total. The first-order chi connectivity index (χ1) is 14.7. The van der Waals surface area contributed by atoms with Crippen LogP contribution < -0.4 is 17.2 Å². The standard InChI is InChI=1S/C10H14N2O3.C6H5ClN2O2.C3H9NO/c1-15-6-2-3-8-4-5-10(12(13)14)9(11)7-8;7-4-1-2-6(9(10)11)5(8)3-4;1-5-3-2-4/h4-5,7H,2-3,6,11H2,1H3;1-3H,8H2;2-4H2,1H3. The van der Waals surface area contributed by atoms with E-state index in [-0.39, 0.29) is 22.7 Å².